The van der Waals surface area contributed by atoms with Gasteiger partial charge in [0.2, 0.25) is 11.9 Å². The normalized spacial score (nSPS) is 14.5. The molecule has 4 aromatic rings. The third-order valence-corrected chi connectivity index (χ3v) is 6.46. The first-order valence-electron chi connectivity index (χ1n) is 12.6. The van der Waals surface area contributed by atoms with Gasteiger partial charge in [0, 0.05) is 29.3 Å². The van der Waals surface area contributed by atoms with Gasteiger partial charge < -0.3 is 15.4 Å². The first-order valence-corrected chi connectivity index (χ1v) is 12.6. The minimum Gasteiger partial charge on any atom is -0.446 e. The van der Waals surface area contributed by atoms with Crippen LogP contribution >= 0.6 is 0 Å². The van der Waals surface area contributed by atoms with Crippen LogP contribution in [0.1, 0.15) is 40.0 Å². The molecule has 0 aliphatic carbocycles. The van der Waals surface area contributed by atoms with Gasteiger partial charge >= 0.3 is 6.09 Å². The van der Waals surface area contributed by atoms with Gasteiger partial charge in [0.05, 0.1) is 6.42 Å². The average molecular weight is 522 g/mol. The number of nitrogens with zero attached hydrogens (tertiary/aromatic N) is 3. The molecule has 2 heterocycles. The Kier molecular flexibility index (Phi) is 7.58. The van der Waals surface area contributed by atoms with E-state index >= 15 is 0 Å². The molecular weight excluding hydrogens is 494 g/mol. The Morgan fingerprint density at radius 1 is 0.974 bits per heavy atom. The van der Waals surface area contributed by atoms with Crippen LogP contribution in [0.2, 0.25) is 0 Å². The van der Waals surface area contributed by atoms with E-state index in [4.69, 9.17) is 4.74 Å². The van der Waals surface area contributed by atoms with Crippen LogP contribution in [0, 0.1) is 0 Å². The SMILES string of the molecule is CCc1ccc(NC(=O)c2ccc(CC(=O)N3C(=O)OCC3c3ccccc3)cc2)cc1Nc1ncccn1. The molecule has 0 spiro atoms. The van der Waals surface area contributed by atoms with E-state index in [1.165, 1.54) is 4.90 Å². The summed E-state index contributed by atoms with van der Waals surface area (Å²) in [5, 5.41) is 6.11. The van der Waals surface area contributed by atoms with Gasteiger partial charge in [-0.15, -0.1) is 0 Å². The van der Waals surface area contributed by atoms with E-state index < -0.39 is 12.1 Å². The van der Waals surface area contributed by atoms with Crippen LogP contribution in [0.4, 0.5) is 22.1 Å². The van der Waals surface area contributed by atoms with Crippen LogP contribution in [-0.2, 0) is 22.4 Å². The van der Waals surface area contributed by atoms with E-state index in [0.717, 1.165) is 23.2 Å². The van der Waals surface area contributed by atoms with Crippen LogP contribution in [0.5, 0.6) is 0 Å². The molecule has 1 unspecified atom stereocenters. The molecule has 0 saturated carbocycles. The third-order valence-electron chi connectivity index (χ3n) is 6.46. The van der Waals surface area contributed by atoms with Crippen molar-refractivity contribution in [2.75, 3.05) is 17.2 Å². The van der Waals surface area contributed by atoms with Gasteiger partial charge in [-0.05, 0) is 53.4 Å². The van der Waals surface area contributed by atoms with Crippen LogP contribution in [0.25, 0.3) is 0 Å². The highest BCUT2D eigenvalue weighted by molar-refractivity contribution is 6.04. The predicted molar refractivity (Wildman–Crippen MR) is 147 cm³/mol. The number of rotatable bonds is 8. The highest BCUT2D eigenvalue weighted by Gasteiger charge is 2.38. The number of carbonyl (C=O) groups is 3. The fourth-order valence-corrected chi connectivity index (χ4v) is 4.42. The fraction of sp³-hybridized carbons (Fsp3) is 0.167. The van der Waals surface area contributed by atoms with Crippen molar-refractivity contribution in [2.45, 2.75) is 25.8 Å². The summed E-state index contributed by atoms with van der Waals surface area (Å²) in [6.07, 6.45) is 3.47. The Balaban J connectivity index is 1.24. The second-order valence-corrected chi connectivity index (χ2v) is 9.02. The van der Waals surface area contributed by atoms with E-state index in [9.17, 15) is 14.4 Å². The van der Waals surface area contributed by atoms with Crippen LogP contribution in [-0.4, -0.2) is 39.4 Å². The molecule has 39 heavy (non-hydrogen) atoms. The number of nitrogens with one attached hydrogen (secondary N) is 2. The van der Waals surface area contributed by atoms with Crippen LogP contribution < -0.4 is 10.6 Å². The number of anilines is 3. The standard InChI is InChI=1S/C30H27N5O4/c1-2-21-13-14-24(18-25(21)34-29-31-15-6-16-32-29)33-28(37)23-11-9-20(10-12-23)17-27(36)35-26(19-39-30(35)38)22-7-4-3-5-8-22/h3-16,18,26H,2,17,19H2,1H3,(H,33,37)(H,31,32,34). The second-order valence-electron chi connectivity index (χ2n) is 9.02. The Hall–Kier alpha value is -5.05. The highest BCUT2D eigenvalue weighted by atomic mass is 16.6. The van der Waals surface area contributed by atoms with Gasteiger partial charge in [-0.25, -0.2) is 19.7 Å². The predicted octanol–water partition coefficient (Wildman–Crippen LogP) is 5.30. The molecule has 1 aliphatic rings. The number of ether oxygens (including phenoxy) is 1. The van der Waals surface area contributed by atoms with Crippen molar-refractivity contribution in [1.29, 1.82) is 0 Å². The molecule has 0 bridgehead atoms. The Labute approximate surface area is 225 Å². The molecule has 9 nitrogen and oxygen atoms in total. The lowest BCUT2D eigenvalue weighted by Gasteiger charge is -2.20. The van der Waals surface area contributed by atoms with Crippen molar-refractivity contribution in [3.05, 3.63) is 114 Å². The van der Waals surface area contributed by atoms with E-state index in [0.29, 0.717) is 22.8 Å². The molecule has 3 amide bonds. The lowest BCUT2D eigenvalue weighted by atomic mass is 10.0. The summed E-state index contributed by atoms with van der Waals surface area (Å²) in [5.74, 6) is -0.175. The smallest absolute Gasteiger partial charge is 0.417 e. The minimum absolute atomic E-state index is 0.00932. The maximum Gasteiger partial charge on any atom is 0.417 e. The number of carbonyl (C=O) groups excluding carboxylic acids is 3. The number of cyclic esters (lactones) is 1. The Morgan fingerprint density at radius 3 is 2.44 bits per heavy atom. The zero-order chi connectivity index (χ0) is 27.2. The molecule has 1 fully saturated rings. The second kappa shape index (κ2) is 11.6. The number of amides is 3. The molecule has 3 aromatic carbocycles. The van der Waals surface area contributed by atoms with Gasteiger partial charge in [-0.1, -0.05) is 55.5 Å². The summed E-state index contributed by atoms with van der Waals surface area (Å²) < 4.78 is 5.16. The largest absolute Gasteiger partial charge is 0.446 e. The Morgan fingerprint density at radius 2 is 1.72 bits per heavy atom. The first-order chi connectivity index (χ1) is 19.0. The molecule has 5 rings (SSSR count). The van der Waals surface area contributed by atoms with Crippen molar-refractivity contribution in [2.24, 2.45) is 0 Å². The quantitative estimate of drug-likeness (QED) is 0.324. The van der Waals surface area contributed by atoms with Gasteiger partial charge in [-0.3, -0.25) is 9.59 Å². The summed E-state index contributed by atoms with van der Waals surface area (Å²) in [6.45, 7) is 2.17. The van der Waals surface area contributed by atoms with Crippen molar-refractivity contribution < 1.29 is 19.1 Å². The molecule has 1 aliphatic heterocycles. The molecule has 1 saturated heterocycles. The number of hydrogen-bond donors (Lipinski definition) is 2. The number of aryl methyl sites for hydroxylation is 1. The maximum atomic E-state index is 13.0. The van der Waals surface area contributed by atoms with E-state index in [1.54, 1.807) is 42.7 Å². The van der Waals surface area contributed by atoms with Crippen LogP contribution in [0.15, 0.2) is 91.3 Å². The average Bonchev–Trinajstić information content (AvgIpc) is 3.36. The van der Waals surface area contributed by atoms with Gasteiger partial charge in [0.15, 0.2) is 0 Å². The Bertz CT molecular complexity index is 1480. The first kappa shape index (κ1) is 25.6. The number of aromatic nitrogens is 2. The summed E-state index contributed by atoms with van der Waals surface area (Å²) in [5.41, 5.74) is 4.45. The number of benzene rings is 3. The zero-order valence-electron chi connectivity index (χ0n) is 21.3. The topological polar surface area (TPSA) is 114 Å². The molecule has 2 N–H and O–H groups in total. The van der Waals surface area contributed by atoms with Crippen molar-refractivity contribution in [3.8, 4) is 0 Å². The lowest BCUT2D eigenvalue weighted by Crippen LogP contribution is -2.35. The van der Waals surface area contributed by atoms with E-state index in [2.05, 4.69) is 20.6 Å². The fourth-order valence-electron chi connectivity index (χ4n) is 4.42. The van der Waals surface area contributed by atoms with Gasteiger partial charge in [-0.2, -0.15) is 0 Å². The summed E-state index contributed by atoms with van der Waals surface area (Å²) >= 11 is 0. The van der Waals surface area contributed by atoms with E-state index in [1.807, 2.05) is 55.5 Å². The number of imide groups is 1. The molecule has 196 valence electrons. The summed E-state index contributed by atoms with van der Waals surface area (Å²) in [7, 11) is 0. The van der Waals surface area contributed by atoms with Crippen molar-refractivity contribution in [3.63, 3.8) is 0 Å². The molecule has 9 heteroatoms. The molecular formula is C30H27N5O4. The van der Waals surface area contributed by atoms with Crippen molar-refractivity contribution in [1.82, 2.24) is 14.9 Å². The maximum absolute atomic E-state index is 13.0. The zero-order valence-corrected chi connectivity index (χ0v) is 21.3. The van der Waals surface area contributed by atoms with Gasteiger partial charge in [0.25, 0.3) is 5.91 Å². The summed E-state index contributed by atoms with van der Waals surface area (Å²) in [6, 6.07) is 23.0. The third kappa shape index (κ3) is 5.93. The van der Waals surface area contributed by atoms with Crippen molar-refractivity contribution >= 4 is 35.2 Å². The van der Waals surface area contributed by atoms with Gasteiger partial charge in [0.1, 0.15) is 12.6 Å². The van der Waals surface area contributed by atoms with E-state index in [-0.39, 0.29) is 24.8 Å². The molecule has 0 radical (unpaired) electrons. The lowest BCUT2D eigenvalue weighted by molar-refractivity contribution is -0.128. The molecule has 1 atom stereocenters. The molecule has 1 aromatic heterocycles. The monoisotopic (exact) mass is 521 g/mol. The van der Waals surface area contributed by atoms with Crippen LogP contribution in [0.3, 0.4) is 0 Å². The highest BCUT2D eigenvalue weighted by Crippen LogP contribution is 2.28. The summed E-state index contributed by atoms with van der Waals surface area (Å²) in [4.78, 5) is 47.8. The number of hydrogen-bond acceptors (Lipinski definition) is 7. The minimum atomic E-state index is -0.647.